The summed E-state index contributed by atoms with van der Waals surface area (Å²) in [6.45, 7) is 4.24. The Morgan fingerprint density at radius 1 is 1.03 bits per heavy atom. The first-order chi connectivity index (χ1) is 16.2. The lowest BCUT2D eigenvalue weighted by molar-refractivity contribution is 0.0737. The predicted molar refractivity (Wildman–Crippen MR) is 125 cm³/mol. The van der Waals surface area contributed by atoms with Crippen LogP contribution in [0.25, 0.3) is 0 Å². The molecule has 0 spiro atoms. The Balaban J connectivity index is 1.53. The van der Waals surface area contributed by atoms with Crippen LogP contribution in [0.3, 0.4) is 0 Å². The maximum atomic E-state index is 14.1. The normalized spacial score (nSPS) is 19.8. The van der Waals surface area contributed by atoms with Gasteiger partial charge in [-0.3, -0.25) is 4.79 Å². The standard InChI is InChI=1S/C24H29F2N3O4S/c1-17-5-4-10-29(16-17)34(31,32)18-8-9-22(33-2)21(15-18)27-11-13-28(14-12-27)24(30)23-19(25)6-3-7-20(23)26/h3,6-9,15,17H,4-5,10-14,16H2,1-2H3. The molecule has 0 radical (unpaired) electrons. The summed E-state index contributed by atoms with van der Waals surface area (Å²) in [5.74, 6) is -1.65. The number of carbonyl (C=O) groups is 1. The second kappa shape index (κ2) is 9.87. The highest BCUT2D eigenvalue weighted by molar-refractivity contribution is 7.89. The molecule has 0 aromatic heterocycles. The number of hydrogen-bond acceptors (Lipinski definition) is 5. The van der Waals surface area contributed by atoms with Gasteiger partial charge in [-0.25, -0.2) is 17.2 Å². The third-order valence-electron chi connectivity index (χ3n) is 6.49. The van der Waals surface area contributed by atoms with Gasteiger partial charge in [0, 0.05) is 39.3 Å². The third kappa shape index (κ3) is 4.74. The van der Waals surface area contributed by atoms with Crippen LogP contribution in [0.15, 0.2) is 41.3 Å². The number of sulfonamides is 1. The van der Waals surface area contributed by atoms with Gasteiger partial charge in [-0.2, -0.15) is 4.31 Å². The van der Waals surface area contributed by atoms with Crippen molar-refractivity contribution in [2.45, 2.75) is 24.7 Å². The molecule has 2 saturated heterocycles. The summed E-state index contributed by atoms with van der Waals surface area (Å²) in [7, 11) is -2.13. The number of piperazine rings is 1. The molecule has 2 heterocycles. The number of halogens is 2. The van der Waals surface area contributed by atoms with Crippen molar-refractivity contribution in [3.05, 3.63) is 53.6 Å². The van der Waals surface area contributed by atoms with Gasteiger partial charge in [-0.15, -0.1) is 0 Å². The van der Waals surface area contributed by atoms with Crippen molar-refractivity contribution in [2.75, 3.05) is 51.3 Å². The van der Waals surface area contributed by atoms with E-state index in [-0.39, 0.29) is 18.0 Å². The van der Waals surface area contributed by atoms with Crippen LogP contribution >= 0.6 is 0 Å². The maximum Gasteiger partial charge on any atom is 0.259 e. The van der Waals surface area contributed by atoms with Crippen molar-refractivity contribution >= 4 is 21.6 Å². The summed E-state index contributed by atoms with van der Waals surface area (Å²) in [5.41, 5.74) is 0.0511. The van der Waals surface area contributed by atoms with Crippen molar-refractivity contribution in [3.63, 3.8) is 0 Å². The fourth-order valence-electron chi connectivity index (χ4n) is 4.60. The first kappa shape index (κ1) is 24.4. The molecule has 2 aromatic carbocycles. The van der Waals surface area contributed by atoms with Gasteiger partial charge in [0.25, 0.3) is 5.91 Å². The van der Waals surface area contributed by atoms with Crippen LogP contribution in [0.2, 0.25) is 0 Å². The van der Waals surface area contributed by atoms with Crippen LogP contribution < -0.4 is 9.64 Å². The Morgan fingerprint density at radius 3 is 2.32 bits per heavy atom. The average molecular weight is 494 g/mol. The van der Waals surface area contributed by atoms with Crippen LogP contribution in [-0.2, 0) is 10.0 Å². The van der Waals surface area contributed by atoms with E-state index < -0.39 is 33.1 Å². The van der Waals surface area contributed by atoms with E-state index in [0.29, 0.717) is 43.5 Å². The van der Waals surface area contributed by atoms with E-state index in [4.69, 9.17) is 4.74 Å². The van der Waals surface area contributed by atoms with Gasteiger partial charge in [-0.05, 0) is 49.1 Å². The minimum Gasteiger partial charge on any atom is -0.495 e. The minimum atomic E-state index is -3.65. The number of hydrogen-bond donors (Lipinski definition) is 0. The lowest BCUT2D eigenvalue weighted by Crippen LogP contribution is -2.49. The molecule has 1 atom stereocenters. The second-order valence-corrected chi connectivity index (χ2v) is 10.8. The molecule has 0 aliphatic carbocycles. The number of methoxy groups -OCH3 is 1. The summed E-state index contributed by atoms with van der Waals surface area (Å²) in [6.07, 6.45) is 1.85. The first-order valence-electron chi connectivity index (χ1n) is 11.4. The van der Waals surface area contributed by atoms with Gasteiger partial charge in [0.05, 0.1) is 17.7 Å². The summed E-state index contributed by atoms with van der Waals surface area (Å²) < 4.78 is 61.7. The number of nitrogens with zero attached hydrogens (tertiary/aromatic N) is 3. The first-order valence-corrected chi connectivity index (χ1v) is 12.8. The van der Waals surface area contributed by atoms with Crippen molar-refractivity contribution in [2.24, 2.45) is 5.92 Å². The molecule has 1 unspecified atom stereocenters. The number of anilines is 1. The number of carbonyl (C=O) groups excluding carboxylic acids is 1. The molecular formula is C24H29F2N3O4S. The van der Waals surface area contributed by atoms with E-state index in [1.165, 1.54) is 22.4 Å². The van der Waals surface area contributed by atoms with Gasteiger partial charge >= 0.3 is 0 Å². The zero-order valence-electron chi connectivity index (χ0n) is 19.3. The summed E-state index contributed by atoms with van der Waals surface area (Å²) >= 11 is 0. The van der Waals surface area contributed by atoms with Crippen LogP contribution in [0.5, 0.6) is 5.75 Å². The number of ether oxygens (including phenoxy) is 1. The fraction of sp³-hybridized carbons (Fsp3) is 0.458. The van der Waals surface area contributed by atoms with Crippen LogP contribution in [-0.4, -0.2) is 69.9 Å². The van der Waals surface area contributed by atoms with Crippen molar-refractivity contribution in [3.8, 4) is 5.75 Å². The van der Waals surface area contributed by atoms with Gasteiger partial charge in [0.2, 0.25) is 10.0 Å². The number of rotatable bonds is 5. The lowest BCUT2D eigenvalue weighted by atomic mass is 10.0. The fourth-order valence-corrected chi connectivity index (χ4v) is 6.22. The second-order valence-electron chi connectivity index (χ2n) is 8.82. The Hall–Kier alpha value is -2.72. The maximum absolute atomic E-state index is 14.1. The van der Waals surface area contributed by atoms with Gasteiger partial charge in [-0.1, -0.05) is 13.0 Å². The van der Waals surface area contributed by atoms with Crippen LogP contribution in [0, 0.1) is 17.6 Å². The molecule has 0 saturated carbocycles. The van der Waals surface area contributed by atoms with Crippen molar-refractivity contribution in [1.82, 2.24) is 9.21 Å². The minimum absolute atomic E-state index is 0.198. The molecule has 7 nitrogen and oxygen atoms in total. The Morgan fingerprint density at radius 2 is 1.71 bits per heavy atom. The van der Waals surface area contributed by atoms with Crippen molar-refractivity contribution < 1.29 is 26.7 Å². The van der Waals surface area contributed by atoms with Gasteiger partial charge < -0.3 is 14.5 Å². The largest absolute Gasteiger partial charge is 0.495 e. The molecule has 0 N–H and O–H groups in total. The molecular weight excluding hydrogens is 464 g/mol. The zero-order valence-corrected chi connectivity index (χ0v) is 20.2. The summed E-state index contributed by atoms with van der Waals surface area (Å²) in [6, 6.07) is 8.15. The van der Waals surface area contributed by atoms with E-state index >= 15 is 0 Å². The highest BCUT2D eigenvalue weighted by atomic mass is 32.2. The van der Waals surface area contributed by atoms with Gasteiger partial charge in [0.15, 0.2) is 0 Å². The number of amides is 1. The monoisotopic (exact) mass is 493 g/mol. The van der Waals surface area contributed by atoms with E-state index in [1.54, 1.807) is 18.2 Å². The quantitative estimate of drug-likeness (QED) is 0.639. The molecule has 2 aliphatic heterocycles. The van der Waals surface area contributed by atoms with E-state index in [0.717, 1.165) is 25.0 Å². The van der Waals surface area contributed by atoms with Crippen LogP contribution in [0.1, 0.15) is 30.1 Å². The Kier molecular flexibility index (Phi) is 7.09. The molecule has 184 valence electrons. The Bertz CT molecular complexity index is 1150. The molecule has 2 aromatic rings. The summed E-state index contributed by atoms with van der Waals surface area (Å²) in [5, 5.41) is 0. The van der Waals surface area contributed by atoms with Gasteiger partial charge in [0.1, 0.15) is 22.9 Å². The SMILES string of the molecule is COc1ccc(S(=O)(=O)N2CCCC(C)C2)cc1N1CCN(C(=O)c2c(F)cccc2F)CC1. The highest BCUT2D eigenvalue weighted by Crippen LogP contribution is 2.34. The topological polar surface area (TPSA) is 70.2 Å². The molecule has 4 rings (SSSR count). The van der Waals surface area contributed by atoms with E-state index in [1.807, 2.05) is 4.90 Å². The molecule has 1 amide bonds. The zero-order chi connectivity index (χ0) is 24.5. The smallest absolute Gasteiger partial charge is 0.259 e. The van der Waals surface area contributed by atoms with E-state index in [2.05, 4.69) is 6.92 Å². The van der Waals surface area contributed by atoms with E-state index in [9.17, 15) is 22.0 Å². The average Bonchev–Trinajstić information content (AvgIpc) is 2.83. The molecule has 34 heavy (non-hydrogen) atoms. The number of benzene rings is 2. The predicted octanol–water partition coefficient (Wildman–Crippen LogP) is 3.36. The third-order valence-corrected chi connectivity index (χ3v) is 8.35. The van der Waals surface area contributed by atoms with Crippen LogP contribution in [0.4, 0.5) is 14.5 Å². The number of piperidine rings is 1. The van der Waals surface area contributed by atoms with Crippen molar-refractivity contribution in [1.29, 1.82) is 0 Å². The molecule has 0 bridgehead atoms. The highest BCUT2D eigenvalue weighted by Gasteiger charge is 2.31. The molecule has 10 heteroatoms. The molecule has 2 fully saturated rings. The summed E-state index contributed by atoms with van der Waals surface area (Å²) in [4.78, 5) is 16.2. The Labute approximate surface area is 199 Å². The lowest BCUT2D eigenvalue weighted by Gasteiger charge is -2.37. The molecule has 2 aliphatic rings.